The average Bonchev–Trinajstić information content (AvgIpc) is 3.31. The zero-order chi connectivity index (χ0) is 21.6. The largest absolute Gasteiger partial charge is 0.497 e. The standard InChI is InChI=1S/C24H21N3O4/c1-3-30-21-11-7-6-10-20(21)25-23(28)18-8-4-5-9-19(18)24-26-22(27-31-24)16-12-14-17(29-2)15-13-16/h4-15H,3H2,1-2H3,(H,25,28). The van der Waals surface area contributed by atoms with Crippen LogP contribution in [0, 0.1) is 0 Å². The fourth-order valence-corrected chi connectivity index (χ4v) is 3.10. The van der Waals surface area contributed by atoms with E-state index >= 15 is 0 Å². The van der Waals surface area contributed by atoms with Crippen molar-refractivity contribution in [2.45, 2.75) is 6.92 Å². The number of ether oxygens (including phenoxy) is 2. The number of aromatic nitrogens is 2. The van der Waals surface area contributed by atoms with Crippen LogP contribution in [0.2, 0.25) is 0 Å². The maximum atomic E-state index is 13.0. The zero-order valence-electron chi connectivity index (χ0n) is 17.2. The zero-order valence-corrected chi connectivity index (χ0v) is 17.2. The van der Waals surface area contributed by atoms with Gasteiger partial charge in [0.15, 0.2) is 0 Å². The Morgan fingerprint density at radius 3 is 2.52 bits per heavy atom. The van der Waals surface area contributed by atoms with Crippen LogP contribution in [0.25, 0.3) is 22.8 Å². The molecule has 0 atom stereocenters. The van der Waals surface area contributed by atoms with Gasteiger partial charge in [-0.25, -0.2) is 0 Å². The Balaban J connectivity index is 1.62. The Hall–Kier alpha value is -4.13. The minimum absolute atomic E-state index is 0.259. The maximum Gasteiger partial charge on any atom is 0.259 e. The molecule has 0 saturated heterocycles. The van der Waals surface area contributed by atoms with Crippen molar-refractivity contribution in [3.63, 3.8) is 0 Å². The molecule has 156 valence electrons. The molecular formula is C24H21N3O4. The maximum absolute atomic E-state index is 13.0. The summed E-state index contributed by atoms with van der Waals surface area (Å²) in [6, 6.07) is 21.7. The third-order valence-corrected chi connectivity index (χ3v) is 4.61. The highest BCUT2D eigenvalue weighted by Crippen LogP contribution is 2.28. The number of nitrogens with zero attached hydrogens (tertiary/aromatic N) is 2. The predicted molar refractivity (Wildman–Crippen MR) is 117 cm³/mol. The first-order valence-corrected chi connectivity index (χ1v) is 9.80. The third-order valence-electron chi connectivity index (χ3n) is 4.61. The molecule has 0 unspecified atom stereocenters. The lowest BCUT2D eigenvalue weighted by atomic mass is 10.1. The minimum Gasteiger partial charge on any atom is -0.497 e. The molecule has 0 radical (unpaired) electrons. The Morgan fingerprint density at radius 1 is 1.00 bits per heavy atom. The number of methoxy groups -OCH3 is 1. The van der Waals surface area contributed by atoms with Gasteiger partial charge in [0.25, 0.3) is 11.8 Å². The van der Waals surface area contributed by atoms with Crippen LogP contribution >= 0.6 is 0 Å². The molecule has 0 saturated carbocycles. The van der Waals surface area contributed by atoms with Gasteiger partial charge in [0.05, 0.1) is 30.5 Å². The normalized spacial score (nSPS) is 10.5. The molecule has 0 bridgehead atoms. The first kappa shape index (κ1) is 20.2. The number of nitrogens with one attached hydrogen (secondary N) is 1. The van der Waals surface area contributed by atoms with E-state index in [1.54, 1.807) is 31.4 Å². The van der Waals surface area contributed by atoms with Crippen molar-refractivity contribution in [2.24, 2.45) is 0 Å². The molecule has 0 spiro atoms. The van der Waals surface area contributed by atoms with E-state index in [2.05, 4.69) is 15.5 Å². The molecule has 0 aliphatic rings. The van der Waals surface area contributed by atoms with Gasteiger partial charge in [0.2, 0.25) is 5.82 Å². The third kappa shape index (κ3) is 4.40. The number of hydrogen-bond acceptors (Lipinski definition) is 6. The van der Waals surface area contributed by atoms with Crippen LogP contribution in [0.4, 0.5) is 5.69 Å². The molecule has 31 heavy (non-hydrogen) atoms. The van der Waals surface area contributed by atoms with Crippen LogP contribution < -0.4 is 14.8 Å². The smallest absolute Gasteiger partial charge is 0.259 e. The Morgan fingerprint density at radius 2 is 1.74 bits per heavy atom. The quantitative estimate of drug-likeness (QED) is 0.454. The van der Waals surface area contributed by atoms with E-state index in [1.165, 1.54) is 0 Å². The number of hydrogen-bond donors (Lipinski definition) is 1. The van der Waals surface area contributed by atoms with Gasteiger partial charge in [-0.3, -0.25) is 4.79 Å². The fraction of sp³-hybridized carbons (Fsp3) is 0.125. The minimum atomic E-state index is -0.299. The van der Waals surface area contributed by atoms with Crippen molar-refractivity contribution in [1.29, 1.82) is 0 Å². The topological polar surface area (TPSA) is 86.5 Å². The number of benzene rings is 3. The molecular weight excluding hydrogens is 394 g/mol. The molecule has 3 aromatic carbocycles. The molecule has 1 N–H and O–H groups in total. The van der Waals surface area contributed by atoms with E-state index in [-0.39, 0.29) is 11.8 Å². The van der Waals surface area contributed by atoms with E-state index in [1.807, 2.05) is 55.5 Å². The number of carbonyl (C=O) groups is 1. The van der Waals surface area contributed by atoms with E-state index in [4.69, 9.17) is 14.0 Å². The lowest BCUT2D eigenvalue weighted by Gasteiger charge is -2.12. The van der Waals surface area contributed by atoms with Crippen LogP contribution in [0.3, 0.4) is 0 Å². The number of amides is 1. The van der Waals surface area contributed by atoms with Gasteiger partial charge in [-0.05, 0) is 55.5 Å². The molecule has 0 fully saturated rings. The summed E-state index contributed by atoms with van der Waals surface area (Å²) in [7, 11) is 1.61. The molecule has 4 aromatic rings. The fourth-order valence-electron chi connectivity index (χ4n) is 3.10. The molecule has 1 heterocycles. The second kappa shape index (κ2) is 9.13. The Labute approximate surface area is 179 Å². The van der Waals surface area contributed by atoms with Gasteiger partial charge in [-0.2, -0.15) is 4.98 Å². The average molecular weight is 415 g/mol. The van der Waals surface area contributed by atoms with Gasteiger partial charge in [-0.1, -0.05) is 29.4 Å². The summed E-state index contributed by atoms with van der Waals surface area (Å²) in [6.07, 6.45) is 0. The van der Waals surface area contributed by atoms with E-state index in [0.29, 0.717) is 35.0 Å². The Bertz CT molecular complexity index is 1190. The summed E-state index contributed by atoms with van der Waals surface area (Å²) in [4.78, 5) is 17.5. The summed E-state index contributed by atoms with van der Waals surface area (Å²) in [6.45, 7) is 2.39. The summed E-state index contributed by atoms with van der Waals surface area (Å²) < 4.78 is 16.2. The highest BCUT2D eigenvalue weighted by atomic mass is 16.5. The first-order valence-electron chi connectivity index (χ1n) is 9.80. The number of para-hydroxylation sites is 2. The van der Waals surface area contributed by atoms with E-state index in [9.17, 15) is 4.79 Å². The van der Waals surface area contributed by atoms with Crippen molar-refractivity contribution >= 4 is 11.6 Å². The highest BCUT2D eigenvalue weighted by Gasteiger charge is 2.19. The summed E-state index contributed by atoms with van der Waals surface area (Å²) in [5, 5.41) is 6.97. The van der Waals surface area contributed by atoms with Crippen LogP contribution in [-0.2, 0) is 0 Å². The molecule has 0 aliphatic heterocycles. The van der Waals surface area contributed by atoms with Crippen molar-refractivity contribution in [2.75, 3.05) is 19.0 Å². The molecule has 1 aromatic heterocycles. The van der Waals surface area contributed by atoms with Gasteiger partial charge in [0, 0.05) is 5.56 Å². The van der Waals surface area contributed by atoms with Crippen molar-refractivity contribution < 1.29 is 18.8 Å². The number of carbonyl (C=O) groups excluding carboxylic acids is 1. The lowest BCUT2D eigenvalue weighted by molar-refractivity contribution is 0.102. The van der Waals surface area contributed by atoms with Gasteiger partial charge < -0.3 is 19.3 Å². The van der Waals surface area contributed by atoms with Crippen LogP contribution in [0.15, 0.2) is 77.3 Å². The predicted octanol–water partition coefficient (Wildman–Crippen LogP) is 5.06. The monoisotopic (exact) mass is 415 g/mol. The van der Waals surface area contributed by atoms with Crippen LogP contribution in [0.1, 0.15) is 17.3 Å². The van der Waals surface area contributed by atoms with Crippen LogP contribution in [0.5, 0.6) is 11.5 Å². The number of rotatable bonds is 7. The van der Waals surface area contributed by atoms with E-state index < -0.39 is 0 Å². The second-order valence-corrected chi connectivity index (χ2v) is 6.58. The van der Waals surface area contributed by atoms with Gasteiger partial charge in [0.1, 0.15) is 11.5 Å². The summed E-state index contributed by atoms with van der Waals surface area (Å²) in [5.41, 5.74) is 2.33. The highest BCUT2D eigenvalue weighted by molar-refractivity contribution is 6.08. The lowest BCUT2D eigenvalue weighted by Crippen LogP contribution is -2.14. The molecule has 4 rings (SSSR count). The summed E-state index contributed by atoms with van der Waals surface area (Å²) >= 11 is 0. The van der Waals surface area contributed by atoms with Crippen molar-refractivity contribution in [3.05, 3.63) is 78.4 Å². The molecule has 7 nitrogen and oxygen atoms in total. The first-order chi connectivity index (χ1) is 15.2. The molecule has 7 heteroatoms. The van der Waals surface area contributed by atoms with Gasteiger partial charge in [-0.15, -0.1) is 0 Å². The second-order valence-electron chi connectivity index (χ2n) is 6.58. The van der Waals surface area contributed by atoms with Crippen molar-refractivity contribution in [1.82, 2.24) is 10.1 Å². The summed E-state index contributed by atoms with van der Waals surface area (Å²) in [5.74, 6) is 1.73. The SMILES string of the molecule is CCOc1ccccc1NC(=O)c1ccccc1-c1nc(-c2ccc(OC)cc2)no1. The van der Waals surface area contributed by atoms with Crippen LogP contribution in [-0.4, -0.2) is 29.8 Å². The van der Waals surface area contributed by atoms with E-state index in [0.717, 1.165) is 11.3 Å². The molecule has 1 amide bonds. The van der Waals surface area contributed by atoms with Gasteiger partial charge >= 0.3 is 0 Å². The van der Waals surface area contributed by atoms with Crippen molar-refractivity contribution in [3.8, 4) is 34.3 Å². The number of anilines is 1. The Kier molecular flexibility index (Phi) is 5.93. The molecule has 0 aliphatic carbocycles.